The van der Waals surface area contributed by atoms with E-state index >= 15 is 0 Å². The topological polar surface area (TPSA) is 35.5 Å². The lowest BCUT2D eigenvalue weighted by Crippen LogP contribution is -2.42. The van der Waals surface area contributed by atoms with Crippen molar-refractivity contribution in [3.63, 3.8) is 0 Å². The number of carbonyl (C=O) groups excluding carboxylic acids is 1. The van der Waals surface area contributed by atoms with Crippen molar-refractivity contribution in [3.8, 4) is 0 Å². The van der Waals surface area contributed by atoms with E-state index in [1.54, 1.807) is 0 Å². The Morgan fingerprint density at radius 2 is 1.93 bits per heavy atom. The van der Waals surface area contributed by atoms with Gasteiger partial charge in [0.05, 0.1) is 5.60 Å². The molecule has 0 amide bonds. The highest BCUT2D eigenvalue weighted by Gasteiger charge is 2.38. The van der Waals surface area contributed by atoms with Crippen LogP contribution in [0.4, 0.5) is 0 Å². The van der Waals surface area contributed by atoms with Gasteiger partial charge >= 0.3 is 0 Å². The number of carbonyl (C=O) groups is 1. The Hall–Kier alpha value is -0.410. The van der Waals surface area contributed by atoms with Crippen molar-refractivity contribution in [1.29, 1.82) is 0 Å². The fourth-order valence-electron chi connectivity index (χ4n) is 1.46. The lowest BCUT2D eigenvalue weighted by atomic mass is 9.85. The minimum absolute atomic E-state index is 0.160. The molecule has 0 aliphatic heterocycles. The summed E-state index contributed by atoms with van der Waals surface area (Å²) in [6, 6.07) is 0. The maximum Gasteiger partial charge on any atom is 0.167 e. The monoisotopic (exact) mass is 200 g/mol. The van der Waals surface area contributed by atoms with Crippen LogP contribution in [0.5, 0.6) is 0 Å². The number of ketones is 1. The molecule has 1 fully saturated rings. The molecular formula is C11H20O3. The average Bonchev–Trinajstić information content (AvgIpc) is 2.06. The first-order valence-corrected chi connectivity index (χ1v) is 5.24. The maximum atomic E-state index is 11.6. The SMILES string of the molecule is CC(C)(C)OOC1(C)CCCCC1=O. The number of Topliss-reactive ketones (excluding diaryl/α,β-unsaturated/α-hetero) is 1. The summed E-state index contributed by atoms with van der Waals surface area (Å²) in [4.78, 5) is 22.1. The molecule has 0 radical (unpaired) electrons. The van der Waals surface area contributed by atoms with E-state index in [-0.39, 0.29) is 11.4 Å². The lowest BCUT2D eigenvalue weighted by Gasteiger charge is -2.33. The average molecular weight is 200 g/mol. The van der Waals surface area contributed by atoms with Crippen molar-refractivity contribution in [2.24, 2.45) is 0 Å². The van der Waals surface area contributed by atoms with Crippen LogP contribution in [0, 0.1) is 0 Å². The van der Waals surface area contributed by atoms with E-state index in [1.165, 1.54) is 0 Å². The summed E-state index contributed by atoms with van der Waals surface area (Å²) in [6.45, 7) is 7.54. The van der Waals surface area contributed by atoms with Crippen LogP contribution in [0.25, 0.3) is 0 Å². The Morgan fingerprint density at radius 1 is 1.29 bits per heavy atom. The molecule has 3 nitrogen and oxygen atoms in total. The summed E-state index contributed by atoms with van der Waals surface area (Å²) in [6.07, 6.45) is 3.40. The standard InChI is InChI=1S/C11H20O3/c1-10(2,3)13-14-11(4)8-6-5-7-9(11)12/h5-8H2,1-4H3. The molecule has 1 unspecified atom stereocenters. The molecule has 1 saturated carbocycles. The van der Waals surface area contributed by atoms with E-state index in [0.717, 1.165) is 19.3 Å². The van der Waals surface area contributed by atoms with Crippen LogP contribution in [0.2, 0.25) is 0 Å². The molecule has 0 aromatic carbocycles. The first kappa shape index (κ1) is 11.7. The zero-order valence-electron chi connectivity index (χ0n) is 9.55. The van der Waals surface area contributed by atoms with E-state index in [1.807, 2.05) is 27.7 Å². The highest BCUT2D eigenvalue weighted by molar-refractivity contribution is 5.87. The van der Waals surface area contributed by atoms with Gasteiger partial charge in [0.25, 0.3) is 0 Å². The molecule has 0 heterocycles. The molecule has 82 valence electrons. The van der Waals surface area contributed by atoms with Crippen molar-refractivity contribution < 1.29 is 14.6 Å². The molecule has 0 saturated heterocycles. The largest absolute Gasteiger partial charge is 0.296 e. The third-order valence-corrected chi connectivity index (χ3v) is 2.37. The van der Waals surface area contributed by atoms with Crippen LogP contribution >= 0.6 is 0 Å². The fourth-order valence-corrected chi connectivity index (χ4v) is 1.46. The van der Waals surface area contributed by atoms with Gasteiger partial charge in [0, 0.05) is 6.42 Å². The summed E-state index contributed by atoms with van der Waals surface area (Å²) < 4.78 is 0. The van der Waals surface area contributed by atoms with E-state index in [2.05, 4.69) is 0 Å². The highest BCUT2D eigenvalue weighted by Crippen LogP contribution is 2.29. The van der Waals surface area contributed by atoms with Crippen LogP contribution < -0.4 is 0 Å². The first-order chi connectivity index (χ1) is 6.33. The Morgan fingerprint density at radius 3 is 2.43 bits per heavy atom. The zero-order valence-corrected chi connectivity index (χ0v) is 9.55. The summed E-state index contributed by atoms with van der Waals surface area (Å²) in [5.41, 5.74) is -1.08. The molecule has 0 spiro atoms. The molecule has 0 aromatic rings. The van der Waals surface area contributed by atoms with Crippen molar-refractivity contribution in [1.82, 2.24) is 0 Å². The second-order valence-electron chi connectivity index (χ2n) is 5.14. The molecule has 1 rings (SSSR count). The Kier molecular flexibility index (Phi) is 3.32. The molecule has 0 aromatic heterocycles. The van der Waals surface area contributed by atoms with Crippen LogP contribution in [0.15, 0.2) is 0 Å². The van der Waals surface area contributed by atoms with Crippen LogP contribution in [-0.4, -0.2) is 17.0 Å². The highest BCUT2D eigenvalue weighted by atomic mass is 17.2. The maximum absolute atomic E-state index is 11.6. The van der Waals surface area contributed by atoms with Gasteiger partial charge in [-0.2, -0.15) is 0 Å². The van der Waals surface area contributed by atoms with Crippen molar-refractivity contribution >= 4 is 5.78 Å². The summed E-state index contributed by atoms with van der Waals surface area (Å²) in [5, 5.41) is 0. The van der Waals surface area contributed by atoms with Gasteiger partial charge in [-0.15, -0.1) is 0 Å². The number of rotatable bonds is 2. The van der Waals surface area contributed by atoms with Crippen molar-refractivity contribution in [2.75, 3.05) is 0 Å². The third kappa shape index (κ3) is 3.07. The van der Waals surface area contributed by atoms with Crippen molar-refractivity contribution in [3.05, 3.63) is 0 Å². The summed E-state index contributed by atoms with van der Waals surface area (Å²) in [5.74, 6) is 0.160. The Bertz CT molecular complexity index is 217. The zero-order chi connectivity index (χ0) is 10.8. The predicted molar refractivity (Wildman–Crippen MR) is 53.8 cm³/mol. The smallest absolute Gasteiger partial charge is 0.167 e. The van der Waals surface area contributed by atoms with Gasteiger partial charge < -0.3 is 0 Å². The lowest BCUT2D eigenvalue weighted by molar-refractivity contribution is -0.392. The molecule has 1 atom stereocenters. The summed E-state index contributed by atoms with van der Waals surface area (Å²) >= 11 is 0. The van der Waals surface area contributed by atoms with Crippen LogP contribution in [0.3, 0.4) is 0 Å². The molecular weight excluding hydrogens is 180 g/mol. The van der Waals surface area contributed by atoms with E-state index in [0.29, 0.717) is 6.42 Å². The van der Waals surface area contributed by atoms with E-state index < -0.39 is 5.60 Å². The van der Waals surface area contributed by atoms with Gasteiger partial charge in [0.2, 0.25) is 0 Å². The molecule has 3 heteroatoms. The van der Waals surface area contributed by atoms with Gasteiger partial charge in [-0.05, 0) is 47.0 Å². The van der Waals surface area contributed by atoms with Gasteiger partial charge in [0.1, 0.15) is 0 Å². The fraction of sp³-hybridized carbons (Fsp3) is 0.909. The normalized spacial score (nSPS) is 29.3. The van der Waals surface area contributed by atoms with Crippen LogP contribution in [0.1, 0.15) is 53.4 Å². The minimum Gasteiger partial charge on any atom is -0.296 e. The molecule has 0 bridgehead atoms. The van der Waals surface area contributed by atoms with E-state index in [9.17, 15) is 4.79 Å². The second kappa shape index (κ2) is 3.99. The van der Waals surface area contributed by atoms with Gasteiger partial charge in [0.15, 0.2) is 11.4 Å². The first-order valence-electron chi connectivity index (χ1n) is 5.24. The van der Waals surface area contributed by atoms with E-state index in [4.69, 9.17) is 9.78 Å². The molecule has 1 aliphatic carbocycles. The van der Waals surface area contributed by atoms with Gasteiger partial charge in [-0.3, -0.25) is 4.79 Å². The van der Waals surface area contributed by atoms with Gasteiger partial charge in [-0.1, -0.05) is 0 Å². The second-order valence-corrected chi connectivity index (χ2v) is 5.14. The Balaban J connectivity index is 2.52. The number of hydrogen-bond donors (Lipinski definition) is 0. The Labute approximate surface area is 85.7 Å². The predicted octanol–water partition coefficient (Wildman–Crippen LogP) is 2.63. The summed E-state index contributed by atoms with van der Waals surface area (Å²) in [7, 11) is 0. The molecule has 14 heavy (non-hydrogen) atoms. The van der Waals surface area contributed by atoms with Crippen molar-refractivity contribution in [2.45, 2.75) is 64.6 Å². The van der Waals surface area contributed by atoms with Crippen LogP contribution in [-0.2, 0) is 14.6 Å². The third-order valence-electron chi connectivity index (χ3n) is 2.37. The minimum atomic E-state index is -0.717. The molecule has 1 aliphatic rings. The quantitative estimate of drug-likeness (QED) is 0.507. The van der Waals surface area contributed by atoms with Gasteiger partial charge in [-0.25, -0.2) is 9.78 Å². The molecule has 0 N–H and O–H groups in total. The number of hydrogen-bond acceptors (Lipinski definition) is 3.